The summed E-state index contributed by atoms with van der Waals surface area (Å²) in [5.41, 5.74) is 2.83. The number of anilines is 3. The number of nitrogens with zero attached hydrogens (tertiary/aromatic N) is 1. The number of hydrogen-bond donors (Lipinski definition) is 2. The van der Waals surface area contributed by atoms with E-state index in [4.69, 9.17) is 28.4 Å². The molecule has 222 valence electrons. The molecule has 0 spiro atoms. The average Bonchev–Trinajstić information content (AvgIpc) is 2.98. The summed E-state index contributed by atoms with van der Waals surface area (Å²) < 4.78 is 36.2. The van der Waals surface area contributed by atoms with Gasteiger partial charge in [0.15, 0.2) is 0 Å². The van der Waals surface area contributed by atoms with Crippen molar-refractivity contribution in [1.82, 2.24) is 0 Å². The Morgan fingerprint density at radius 3 is 1.90 bits per heavy atom. The molecule has 3 aromatic rings. The largest absolute Gasteiger partial charge is 0.490 e. The molecule has 3 aromatic carbocycles. The van der Waals surface area contributed by atoms with Crippen LogP contribution in [-0.4, -0.2) is 86.1 Å². The zero-order chi connectivity index (χ0) is 28.5. The Morgan fingerprint density at radius 2 is 1.32 bits per heavy atom. The van der Waals surface area contributed by atoms with Crippen LogP contribution in [-0.2, 0) is 14.2 Å². The minimum Gasteiger partial charge on any atom is -0.490 e. The minimum absolute atomic E-state index is 0.451. The molecule has 0 aromatic heterocycles. The first-order chi connectivity index (χ1) is 20.2. The third-order valence-corrected chi connectivity index (χ3v) is 6.81. The van der Waals surface area contributed by atoms with Crippen LogP contribution in [0.5, 0.6) is 17.2 Å². The van der Waals surface area contributed by atoms with Crippen LogP contribution in [0.4, 0.5) is 17.1 Å². The molecule has 0 atom stereocenters. The molecule has 0 radical (unpaired) electrons. The molecule has 0 saturated heterocycles. The SMILES string of the molecule is COCCOc1cc(Br)ccc1N1CCOc2ccccc2NCCOCCOCCNc2ccccc2OCC1. The molecule has 0 unspecified atom stereocenters. The number of methoxy groups -OCH3 is 1. The smallest absolute Gasteiger partial charge is 0.143 e. The Bertz CT molecular complexity index is 1120. The highest BCUT2D eigenvalue weighted by molar-refractivity contribution is 9.10. The molecule has 0 fully saturated rings. The lowest BCUT2D eigenvalue weighted by atomic mass is 10.2. The fraction of sp³-hybridized carbons (Fsp3) is 0.419. The first kappa shape index (κ1) is 30.8. The van der Waals surface area contributed by atoms with E-state index in [0.29, 0.717) is 79.0 Å². The average molecular weight is 631 g/mol. The zero-order valence-corrected chi connectivity index (χ0v) is 25.2. The summed E-state index contributed by atoms with van der Waals surface area (Å²) in [6.45, 7) is 6.72. The standard InChI is InChI=1S/C31H40BrN3O6/c1-36-20-23-41-31-24-25(32)10-11-28(31)35-14-18-39-29-8-4-2-6-26(29)33-12-16-37-21-22-38-17-13-34-27-7-3-5-9-30(27)40-19-15-35/h2-11,24,33-34H,12-23H2,1H3. The van der Waals surface area contributed by atoms with Gasteiger partial charge in [0.05, 0.1) is 63.2 Å². The van der Waals surface area contributed by atoms with Crippen molar-refractivity contribution in [2.45, 2.75) is 0 Å². The predicted molar refractivity (Wildman–Crippen MR) is 166 cm³/mol. The highest BCUT2D eigenvalue weighted by Gasteiger charge is 2.15. The Labute approximate surface area is 251 Å². The molecule has 0 bridgehead atoms. The van der Waals surface area contributed by atoms with E-state index in [2.05, 4.69) is 37.5 Å². The van der Waals surface area contributed by atoms with Gasteiger partial charge in [0.1, 0.15) is 37.1 Å². The second-order valence-corrected chi connectivity index (χ2v) is 10.1. The lowest BCUT2D eigenvalue weighted by molar-refractivity contribution is 0.0557. The quantitative estimate of drug-likeness (QED) is 0.365. The summed E-state index contributed by atoms with van der Waals surface area (Å²) >= 11 is 3.58. The molecule has 10 heteroatoms. The number of ether oxygens (including phenoxy) is 6. The molecule has 1 aliphatic heterocycles. The zero-order valence-electron chi connectivity index (χ0n) is 23.6. The van der Waals surface area contributed by atoms with Crippen LogP contribution >= 0.6 is 15.9 Å². The van der Waals surface area contributed by atoms with E-state index in [1.54, 1.807) is 7.11 Å². The number of nitrogens with one attached hydrogen (secondary N) is 2. The van der Waals surface area contributed by atoms with E-state index in [1.807, 2.05) is 60.7 Å². The summed E-state index contributed by atoms with van der Waals surface area (Å²) in [4.78, 5) is 2.23. The molecule has 4 rings (SSSR count). The van der Waals surface area contributed by atoms with Gasteiger partial charge in [-0.1, -0.05) is 40.2 Å². The van der Waals surface area contributed by atoms with Crippen LogP contribution < -0.4 is 29.7 Å². The Balaban J connectivity index is 1.52. The highest BCUT2D eigenvalue weighted by Crippen LogP contribution is 2.32. The van der Waals surface area contributed by atoms with E-state index in [0.717, 1.165) is 38.8 Å². The number of hydrogen-bond acceptors (Lipinski definition) is 9. The van der Waals surface area contributed by atoms with Crippen LogP contribution in [0.25, 0.3) is 0 Å². The second kappa shape index (κ2) is 17.6. The molecule has 0 amide bonds. The van der Waals surface area contributed by atoms with Crippen molar-refractivity contribution in [3.05, 3.63) is 71.2 Å². The third-order valence-electron chi connectivity index (χ3n) is 6.31. The van der Waals surface area contributed by atoms with Gasteiger partial charge in [0.25, 0.3) is 0 Å². The molecular formula is C31H40BrN3O6. The van der Waals surface area contributed by atoms with Gasteiger partial charge in [-0.2, -0.15) is 0 Å². The summed E-state index contributed by atoms with van der Waals surface area (Å²) in [6, 6.07) is 22.0. The molecule has 2 N–H and O–H groups in total. The molecule has 0 saturated carbocycles. The lowest BCUT2D eigenvalue weighted by Crippen LogP contribution is -2.33. The maximum atomic E-state index is 6.27. The first-order valence-corrected chi connectivity index (χ1v) is 14.8. The minimum atomic E-state index is 0.451. The van der Waals surface area contributed by atoms with Crippen LogP contribution in [0.3, 0.4) is 0 Å². The molecule has 9 nitrogen and oxygen atoms in total. The molecular weight excluding hydrogens is 590 g/mol. The molecule has 0 aliphatic carbocycles. The monoisotopic (exact) mass is 629 g/mol. The number of para-hydroxylation sites is 4. The van der Waals surface area contributed by atoms with Gasteiger partial charge < -0.3 is 44.0 Å². The first-order valence-electron chi connectivity index (χ1n) is 14.0. The van der Waals surface area contributed by atoms with E-state index >= 15 is 0 Å². The van der Waals surface area contributed by atoms with Crippen molar-refractivity contribution in [2.75, 3.05) is 102 Å². The highest BCUT2D eigenvalue weighted by atomic mass is 79.9. The summed E-state index contributed by atoms with van der Waals surface area (Å²) in [5, 5.41) is 6.84. The molecule has 1 heterocycles. The number of halogens is 1. The maximum absolute atomic E-state index is 6.27. The van der Waals surface area contributed by atoms with Crippen molar-refractivity contribution in [2.24, 2.45) is 0 Å². The van der Waals surface area contributed by atoms with Crippen LogP contribution in [0.1, 0.15) is 0 Å². The van der Waals surface area contributed by atoms with Crippen molar-refractivity contribution in [3.63, 3.8) is 0 Å². The van der Waals surface area contributed by atoms with Gasteiger partial charge in [-0.15, -0.1) is 0 Å². The molecule has 41 heavy (non-hydrogen) atoms. The molecule has 1 aliphatic rings. The summed E-state index contributed by atoms with van der Waals surface area (Å²) in [5.74, 6) is 2.36. The Morgan fingerprint density at radius 1 is 0.732 bits per heavy atom. The topological polar surface area (TPSA) is 82.7 Å². The maximum Gasteiger partial charge on any atom is 0.143 e. The van der Waals surface area contributed by atoms with Crippen molar-refractivity contribution in [1.29, 1.82) is 0 Å². The van der Waals surface area contributed by atoms with E-state index in [1.165, 1.54) is 0 Å². The number of rotatable bonds is 5. The van der Waals surface area contributed by atoms with Crippen LogP contribution in [0, 0.1) is 0 Å². The van der Waals surface area contributed by atoms with Crippen LogP contribution in [0.15, 0.2) is 71.2 Å². The predicted octanol–water partition coefficient (Wildman–Crippen LogP) is 5.31. The van der Waals surface area contributed by atoms with Gasteiger partial charge in [0, 0.05) is 24.7 Å². The van der Waals surface area contributed by atoms with E-state index < -0.39 is 0 Å². The lowest BCUT2D eigenvalue weighted by Gasteiger charge is -2.27. The fourth-order valence-electron chi connectivity index (χ4n) is 4.30. The van der Waals surface area contributed by atoms with Gasteiger partial charge in [-0.3, -0.25) is 0 Å². The number of benzene rings is 3. The normalized spacial score (nSPS) is 15.9. The van der Waals surface area contributed by atoms with Crippen molar-refractivity contribution in [3.8, 4) is 17.2 Å². The third kappa shape index (κ3) is 10.3. The number of fused-ring (bicyclic) bond motifs is 2. The van der Waals surface area contributed by atoms with Crippen molar-refractivity contribution >= 4 is 33.0 Å². The van der Waals surface area contributed by atoms with E-state index in [9.17, 15) is 0 Å². The Kier molecular flexibility index (Phi) is 13.2. The van der Waals surface area contributed by atoms with Crippen LogP contribution in [0.2, 0.25) is 0 Å². The van der Waals surface area contributed by atoms with Gasteiger partial charge in [-0.25, -0.2) is 0 Å². The van der Waals surface area contributed by atoms with Gasteiger partial charge in [0.2, 0.25) is 0 Å². The van der Waals surface area contributed by atoms with Crippen molar-refractivity contribution < 1.29 is 28.4 Å². The van der Waals surface area contributed by atoms with Gasteiger partial charge >= 0.3 is 0 Å². The fourth-order valence-corrected chi connectivity index (χ4v) is 4.64. The Hall–Kier alpha value is -3.18. The van der Waals surface area contributed by atoms with E-state index in [-0.39, 0.29) is 0 Å². The van der Waals surface area contributed by atoms with Gasteiger partial charge in [-0.05, 0) is 42.5 Å². The summed E-state index contributed by atoms with van der Waals surface area (Å²) in [6.07, 6.45) is 0. The summed E-state index contributed by atoms with van der Waals surface area (Å²) in [7, 11) is 1.67. The second-order valence-electron chi connectivity index (χ2n) is 9.21.